The summed E-state index contributed by atoms with van der Waals surface area (Å²) in [5.41, 5.74) is 1.90. The van der Waals surface area contributed by atoms with Gasteiger partial charge in [0.05, 0.1) is 0 Å². The molecule has 0 aliphatic carbocycles. The Kier molecular flexibility index (Phi) is 6.35. The second kappa shape index (κ2) is 8.91. The Balaban J connectivity index is 1.48. The highest BCUT2D eigenvalue weighted by molar-refractivity contribution is 6.30. The minimum atomic E-state index is -0.0793. The molecule has 1 saturated heterocycles. The minimum Gasteiger partial charge on any atom is -0.484 e. The number of carbonyl (C=O) groups is 2. The van der Waals surface area contributed by atoms with E-state index in [1.165, 1.54) is 5.56 Å². The van der Waals surface area contributed by atoms with Gasteiger partial charge < -0.3 is 14.5 Å². The summed E-state index contributed by atoms with van der Waals surface area (Å²) in [6.07, 6.45) is 0.952. The molecule has 0 aromatic heterocycles. The molecule has 0 unspecified atom stereocenters. The Morgan fingerprint density at radius 3 is 2.11 bits per heavy atom. The fourth-order valence-electron chi connectivity index (χ4n) is 2.99. The summed E-state index contributed by atoms with van der Waals surface area (Å²) < 4.78 is 5.51. The monoisotopic (exact) mass is 386 g/mol. The molecule has 2 aromatic carbocycles. The lowest BCUT2D eigenvalue weighted by Crippen LogP contribution is -2.51. The maximum atomic E-state index is 12.6. The molecule has 0 spiro atoms. The standard InChI is InChI=1S/C21H23ClN2O3/c1-2-16-3-5-17(6-4-16)21(26)24-13-11-23(12-14-24)20(25)15-27-19-9-7-18(22)8-10-19/h3-10H,2,11-15H2,1H3. The van der Waals surface area contributed by atoms with Crippen molar-refractivity contribution in [2.75, 3.05) is 32.8 Å². The Labute approximate surface area is 164 Å². The molecule has 5 nitrogen and oxygen atoms in total. The van der Waals surface area contributed by atoms with E-state index < -0.39 is 0 Å². The number of piperazine rings is 1. The number of nitrogens with zero attached hydrogens (tertiary/aromatic N) is 2. The van der Waals surface area contributed by atoms with Gasteiger partial charge in [0.15, 0.2) is 6.61 Å². The van der Waals surface area contributed by atoms with Crippen molar-refractivity contribution in [1.29, 1.82) is 0 Å². The molecule has 1 fully saturated rings. The second-order valence-corrected chi connectivity index (χ2v) is 6.90. The first kappa shape index (κ1) is 19.2. The van der Waals surface area contributed by atoms with Gasteiger partial charge in [0.2, 0.25) is 0 Å². The molecule has 142 valence electrons. The first-order valence-corrected chi connectivity index (χ1v) is 9.49. The molecule has 0 radical (unpaired) electrons. The van der Waals surface area contributed by atoms with E-state index in [9.17, 15) is 9.59 Å². The van der Waals surface area contributed by atoms with E-state index >= 15 is 0 Å². The van der Waals surface area contributed by atoms with E-state index in [0.717, 1.165) is 6.42 Å². The summed E-state index contributed by atoms with van der Waals surface area (Å²) in [7, 11) is 0. The van der Waals surface area contributed by atoms with E-state index in [1.807, 2.05) is 24.3 Å². The highest BCUT2D eigenvalue weighted by Crippen LogP contribution is 2.16. The van der Waals surface area contributed by atoms with Crippen LogP contribution in [0.4, 0.5) is 0 Å². The van der Waals surface area contributed by atoms with Crippen molar-refractivity contribution in [3.8, 4) is 5.75 Å². The summed E-state index contributed by atoms with van der Waals surface area (Å²) in [5.74, 6) is 0.545. The zero-order valence-corrected chi connectivity index (χ0v) is 16.1. The topological polar surface area (TPSA) is 49.9 Å². The fraction of sp³-hybridized carbons (Fsp3) is 0.333. The zero-order valence-electron chi connectivity index (χ0n) is 15.4. The quantitative estimate of drug-likeness (QED) is 0.792. The first-order chi connectivity index (χ1) is 13.1. The average Bonchev–Trinajstić information content (AvgIpc) is 2.73. The highest BCUT2D eigenvalue weighted by atomic mass is 35.5. The molecule has 1 aliphatic heterocycles. The fourth-order valence-corrected chi connectivity index (χ4v) is 3.12. The molecule has 0 saturated carbocycles. The van der Waals surface area contributed by atoms with Crippen molar-refractivity contribution in [1.82, 2.24) is 9.80 Å². The Morgan fingerprint density at radius 2 is 1.52 bits per heavy atom. The van der Waals surface area contributed by atoms with Gasteiger partial charge in [-0.3, -0.25) is 9.59 Å². The smallest absolute Gasteiger partial charge is 0.260 e. The molecule has 0 bridgehead atoms. The van der Waals surface area contributed by atoms with Gasteiger partial charge in [-0.05, 0) is 48.4 Å². The molecule has 0 atom stereocenters. The maximum absolute atomic E-state index is 12.6. The summed E-state index contributed by atoms with van der Waals surface area (Å²) in [6.45, 7) is 4.16. The Hall–Kier alpha value is -2.53. The van der Waals surface area contributed by atoms with Crippen molar-refractivity contribution >= 4 is 23.4 Å². The van der Waals surface area contributed by atoms with Gasteiger partial charge in [0, 0.05) is 36.8 Å². The lowest BCUT2D eigenvalue weighted by molar-refractivity contribution is -0.134. The Morgan fingerprint density at radius 1 is 0.926 bits per heavy atom. The van der Waals surface area contributed by atoms with Crippen molar-refractivity contribution in [3.05, 3.63) is 64.7 Å². The summed E-state index contributed by atoms with van der Waals surface area (Å²) in [6, 6.07) is 14.6. The number of ether oxygens (including phenoxy) is 1. The van der Waals surface area contributed by atoms with Gasteiger partial charge in [0.1, 0.15) is 5.75 Å². The van der Waals surface area contributed by atoms with Crippen LogP contribution in [0.25, 0.3) is 0 Å². The van der Waals surface area contributed by atoms with E-state index in [4.69, 9.17) is 16.3 Å². The highest BCUT2D eigenvalue weighted by Gasteiger charge is 2.25. The molecule has 27 heavy (non-hydrogen) atoms. The average molecular weight is 387 g/mol. The number of aryl methyl sites for hydroxylation is 1. The third-order valence-electron chi connectivity index (χ3n) is 4.70. The van der Waals surface area contributed by atoms with Crippen LogP contribution >= 0.6 is 11.6 Å². The van der Waals surface area contributed by atoms with Crippen LogP contribution in [0.2, 0.25) is 5.02 Å². The van der Waals surface area contributed by atoms with Crippen LogP contribution in [0.5, 0.6) is 5.75 Å². The second-order valence-electron chi connectivity index (χ2n) is 6.47. The first-order valence-electron chi connectivity index (χ1n) is 9.11. The van der Waals surface area contributed by atoms with Crippen LogP contribution in [0.1, 0.15) is 22.8 Å². The number of halogens is 1. The SMILES string of the molecule is CCc1ccc(C(=O)N2CCN(C(=O)COc3ccc(Cl)cc3)CC2)cc1. The third-order valence-corrected chi connectivity index (χ3v) is 4.96. The van der Waals surface area contributed by atoms with Gasteiger partial charge in [-0.25, -0.2) is 0 Å². The van der Waals surface area contributed by atoms with Crippen LogP contribution < -0.4 is 4.74 Å². The normalized spacial score (nSPS) is 14.1. The van der Waals surface area contributed by atoms with E-state index in [1.54, 1.807) is 34.1 Å². The van der Waals surface area contributed by atoms with Crippen molar-refractivity contribution in [3.63, 3.8) is 0 Å². The minimum absolute atomic E-state index is 0.0159. The van der Waals surface area contributed by atoms with Crippen LogP contribution in [0, 0.1) is 0 Å². The molecule has 3 rings (SSSR count). The third kappa shape index (κ3) is 5.01. The van der Waals surface area contributed by atoms with Crippen molar-refractivity contribution in [2.45, 2.75) is 13.3 Å². The van der Waals surface area contributed by atoms with E-state index in [2.05, 4.69) is 6.92 Å². The van der Waals surface area contributed by atoms with Gasteiger partial charge in [0.25, 0.3) is 11.8 Å². The molecule has 2 amide bonds. The predicted octanol–water partition coefficient (Wildman–Crippen LogP) is 3.27. The van der Waals surface area contributed by atoms with E-state index in [0.29, 0.717) is 42.5 Å². The van der Waals surface area contributed by atoms with Gasteiger partial charge in [-0.2, -0.15) is 0 Å². The maximum Gasteiger partial charge on any atom is 0.260 e. The number of carbonyl (C=O) groups excluding carboxylic acids is 2. The van der Waals surface area contributed by atoms with Crippen LogP contribution in [-0.2, 0) is 11.2 Å². The number of benzene rings is 2. The largest absolute Gasteiger partial charge is 0.484 e. The molecule has 0 N–H and O–H groups in total. The lowest BCUT2D eigenvalue weighted by atomic mass is 10.1. The van der Waals surface area contributed by atoms with Crippen LogP contribution in [0.3, 0.4) is 0 Å². The van der Waals surface area contributed by atoms with Gasteiger partial charge in [-0.15, -0.1) is 0 Å². The van der Waals surface area contributed by atoms with Gasteiger partial charge >= 0.3 is 0 Å². The molecular weight excluding hydrogens is 364 g/mol. The zero-order chi connectivity index (χ0) is 19.2. The summed E-state index contributed by atoms with van der Waals surface area (Å²) in [5, 5.41) is 0.624. The molecular formula is C21H23ClN2O3. The number of rotatable bonds is 5. The summed E-state index contributed by atoms with van der Waals surface area (Å²) in [4.78, 5) is 28.5. The lowest BCUT2D eigenvalue weighted by Gasteiger charge is -2.34. The molecule has 1 aliphatic rings. The number of amides is 2. The molecule has 2 aromatic rings. The number of hydrogen-bond acceptors (Lipinski definition) is 3. The van der Waals surface area contributed by atoms with Crippen molar-refractivity contribution < 1.29 is 14.3 Å². The molecule has 6 heteroatoms. The predicted molar refractivity (Wildman–Crippen MR) is 105 cm³/mol. The van der Waals surface area contributed by atoms with Crippen molar-refractivity contribution in [2.24, 2.45) is 0 Å². The number of hydrogen-bond donors (Lipinski definition) is 0. The van der Waals surface area contributed by atoms with E-state index in [-0.39, 0.29) is 18.4 Å². The molecule has 1 heterocycles. The van der Waals surface area contributed by atoms with Crippen LogP contribution in [0.15, 0.2) is 48.5 Å². The van der Waals surface area contributed by atoms with Gasteiger partial charge in [-0.1, -0.05) is 30.7 Å². The van der Waals surface area contributed by atoms with Crippen LogP contribution in [-0.4, -0.2) is 54.4 Å². The summed E-state index contributed by atoms with van der Waals surface area (Å²) >= 11 is 5.83. The Bertz CT molecular complexity index is 782.